The van der Waals surface area contributed by atoms with E-state index in [2.05, 4.69) is 5.32 Å². The van der Waals surface area contributed by atoms with Crippen LogP contribution in [0.25, 0.3) is 0 Å². The van der Waals surface area contributed by atoms with Crippen LogP contribution in [0.15, 0.2) is 47.1 Å². The fourth-order valence-electron chi connectivity index (χ4n) is 4.13. The van der Waals surface area contributed by atoms with E-state index in [1.807, 2.05) is 44.2 Å². The van der Waals surface area contributed by atoms with Gasteiger partial charge in [-0.25, -0.2) is 0 Å². The van der Waals surface area contributed by atoms with Gasteiger partial charge < -0.3 is 25.1 Å². The second-order valence-corrected chi connectivity index (χ2v) is 8.86. The molecule has 1 aliphatic heterocycles. The molecule has 33 heavy (non-hydrogen) atoms. The fraction of sp³-hybridized carbons (Fsp3) is 0.417. The van der Waals surface area contributed by atoms with E-state index in [0.29, 0.717) is 11.3 Å². The number of hydrogen-bond acceptors (Lipinski definition) is 6. The quantitative estimate of drug-likeness (QED) is 0.617. The zero-order valence-electron chi connectivity index (χ0n) is 19.2. The Morgan fingerprint density at radius 1 is 1.21 bits per heavy atom. The molecule has 3 amide bonds. The summed E-state index contributed by atoms with van der Waals surface area (Å²) in [5.74, 6) is -1.83. The van der Waals surface area contributed by atoms with E-state index in [1.165, 1.54) is 19.4 Å². The van der Waals surface area contributed by atoms with E-state index in [0.717, 1.165) is 10.5 Å². The number of furan rings is 1. The lowest BCUT2D eigenvalue weighted by Crippen LogP contribution is -2.57. The van der Waals surface area contributed by atoms with Gasteiger partial charge in [0, 0.05) is 7.05 Å². The number of carbonyl (C=O) groups excluding carboxylic acids is 4. The summed E-state index contributed by atoms with van der Waals surface area (Å²) in [5, 5.41) is 2.79. The average molecular weight is 456 g/mol. The summed E-state index contributed by atoms with van der Waals surface area (Å²) < 4.78 is 10.4. The van der Waals surface area contributed by atoms with E-state index in [4.69, 9.17) is 14.9 Å². The second kappa shape index (κ2) is 9.58. The van der Waals surface area contributed by atoms with Gasteiger partial charge in [-0.15, -0.1) is 0 Å². The number of rotatable bonds is 8. The first-order valence-electron chi connectivity index (χ1n) is 10.6. The topological polar surface area (TPSA) is 132 Å². The highest BCUT2D eigenvalue weighted by atomic mass is 16.5. The molecule has 3 atom stereocenters. The van der Waals surface area contributed by atoms with Gasteiger partial charge >= 0.3 is 0 Å². The number of aryl methyl sites for hydroxylation is 1. The Labute approximate surface area is 192 Å². The number of likely N-dealkylation sites (N-methyl/N-ethyl adjacent to an activating group) is 1. The molecule has 1 fully saturated rings. The lowest BCUT2D eigenvalue weighted by Gasteiger charge is -2.34. The van der Waals surface area contributed by atoms with E-state index in [9.17, 15) is 19.2 Å². The lowest BCUT2D eigenvalue weighted by molar-refractivity contribution is -0.141. The van der Waals surface area contributed by atoms with Crippen molar-refractivity contribution in [2.24, 2.45) is 5.73 Å². The minimum Gasteiger partial charge on any atom is -0.469 e. The number of ketones is 1. The molecular weight excluding hydrogens is 426 g/mol. The first-order chi connectivity index (χ1) is 15.5. The van der Waals surface area contributed by atoms with Crippen LogP contribution in [0.3, 0.4) is 0 Å². The molecule has 1 saturated heterocycles. The zero-order valence-corrected chi connectivity index (χ0v) is 19.2. The minimum atomic E-state index is -1.24. The predicted octanol–water partition coefficient (Wildman–Crippen LogP) is 1.33. The van der Waals surface area contributed by atoms with Gasteiger partial charge in [-0.3, -0.25) is 19.2 Å². The number of benzene rings is 1. The molecule has 176 valence electrons. The minimum absolute atomic E-state index is 0.242. The van der Waals surface area contributed by atoms with Gasteiger partial charge in [-0.1, -0.05) is 44.2 Å². The zero-order chi connectivity index (χ0) is 24.3. The first-order valence-corrected chi connectivity index (χ1v) is 10.6. The number of hydrogen-bond donors (Lipinski definition) is 2. The maximum absolute atomic E-state index is 13.6. The van der Waals surface area contributed by atoms with E-state index in [-0.39, 0.29) is 13.0 Å². The summed E-state index contributed by atoms with van der Waals surface area (Å²) in [7, 11) is 1.41. The van der Waals surface area contributed by atoms with Crippen molar-refractivity contribution in [3.8, 4) is 0 Å². The molecule has 2 heterocycles. The van der Waals surface area contributed by atoms with Crippen molar-refractivity contribution in [2.75, 3.05) is 13.7 Å². The Morgan fingerprint density at radius 3 is 2.45 bits per heavy atom. The van der Waals surface area contributed by atoms with Crippen molar-refractivity contribution in [3.63, 3.8) is 0 Å². The molecule has 0 bridgehead atoms. The molecule has 0 radical (unpaired) electrons. The highest BCUT2D eigenvalue weighted by molar-refractivity contribution is 6.01. The smallest absolute Gasteiger partial charge is 0.255 e. The number of primary amides is 1. The number of carbonyl (C=O) groups is 4. The van der Waals surface area contributed by atoms with Gasteiger partial charge in [0.2, 0.25) is 11.8 Å². The van der Waals surface area contributed by atoms with Gasteiger partial charge in [0.1, 0.15) is 24.5 Å². The van der Waals surface area contributed by atoms with Crippen LogP contribution in [0.4, 0.5) is 0 Å². The van der Waals surface area contributed by atoms with Crippen molar-refractivity contribution in [2.45, 2.75) is 50.8 Å². The maximum Gasteiger partial charge on any atom is 0.255 e. The molecule has 0 spiro atoms. The molecule has 1 aromatic carbocycles. The molecule has 9 heteroatoms. The fourth-order valence-corrected chi connectivity index (χ4v) is 4.13. The van der Waals surface area contributed by atoms with E-state index in [1.54, 1.807) is 6.92 Å². The van der Waals surface area contributed by atoms with Gasteiger partial charge in [-0.2, -0.15) is 0 Å². The summed E-state index contributed by atoms with van der Waals surface area (Å²) in [6.07, 6.45) is 0.403. The molecule has 0 aliphatic carbocycles. The van der Waals surface area contributed by atoms with Crippen molar-refractivity contribution < 1.29 is 28.3 Å². The van der Waals surface area contributed by atoms with Crippen LogP contribution in [0.1, 0.15) is 41.9 Å². The first kappa shape index (κ1) is 24.2. The number of nitrogens with two attached hydrogens (primary N) is 1. The molecule has 1 aliphatic rings. The summed E-state index contributed by atoms with van der Waals surface area (Å²) >= 11 is 0. The van der Waals surface area contributed by atoms with Crippen LogP contribution in [0.5, 0.6) is 0 Å². The molecule has 0 saturated carbocycles. The average Bonchev–Trinajstić information content (AvgIpc) is 3.38. The summed E-state index contributed by atoms with van der Waals surface area (Å²) in [6, 6.07) is 8.98. The molecule has 2 unspecified atom stereocenters. The molecule has 3 N–H and O–H groups in total. The lowest BCUT2D eigenvalue weighted by atomic mass is 9.78. The summed E-state index contributed by atoms with van der Waals surface area (Å²) in [4.78, 5) is 51.8. The van der Waals surface area contributed by atoms with Gasteiger partial charge in [0.15, 0.2) is 11.9 Å². The Morgan fingerprint density at radius 2 is 1.88 bits per heavy atom. The van der Waals surface area contributed by atoms with Gasteiger partial charge in [0.05, 0.1) is 11.8 Å². The Bertz CT molecular complexity index is 1050. The standard InChI is InChI=1S/C24H29N3O6/c1-14-16(10-11-32-14)22(30)26-17(12-24(2,3)15-8-6-5-7-9-15)23(31)27(4)19-18(28)13-33-20(19)21(25)29/h5-11,17,19-20H,12-13H2,1-4H3,(H2,25,29)(H,26,30)/t17-,19?,20?/m0/s1. The highest BCUT2D eigenvalue weighted by Crippen LogP contribution is 2.29. The van der Waals surface area contributed by atoms with Crippen molar-refractivity contribution in [1.82, 2.24) is 10.2 Å². The Hall–Kier alpha value is -3.46. The molecule has 3 rings (SSSR count). The number of nitrogens with zero attached hydrogens (tertiary/aromatic N) is 1. The van der Waals surface area contributed by atoms with E-state index < -0.39 is 47.1 Å². The molecular formula is C24H29N3O6. The highest BCUT2D eigenvalue weighted by Gasteiger charge is 2.45. The Kier molecular flexibility index (Phi) is 7.02. The third kappa shape index (κ3) is 5.14. The monoisotopic (exact) mass is 455 g/mol. The molecule has 2 aromatic rings. The predicted molar refractivity (Wildman–Crippen MR) is 119 cm³/mol. The summed E-state index contributed by atoms with van der Waals surface area (Å²) in [5.41, 5.74) is 6.16. The summed E-state index contributed by atoms with van der Waals surface area (Å²) in [6.45, 7) is 5.27. The van der Waals surface area contributed by atoms with Crippen LogP contribution in [0, 0.1) is 6.92 Å². The van der Waals surface area contributed by atoms with E-state index >= 15 is 0 Å². The molecule has 9 nitrogen and oxygen atoms in total. The van der Waals surface area contributed by atoms with Crippen molar-refractivity contribution in [3.05, 3.63) is 59.5 Å². The third-order valence-electron chi connectivity index (χ3n) is 6.04. The van der Waals surface area contributed by atoms with Gasteiger partial charge in [-0.05, 0) is 30.4 Å². The number of amides is 3. The largest absolute Gasteiger partial charge is 0.469 e. The number of Topliss-reactive ketones (excluding diaryl/α,β-unsaturated/α-hetero) is 1. The second-order valence-electron chi connectivity index (χ2n) is 8.86. The van der Waals surface area contributed by atoms with Crippen LogP contribution in [-0.2, 0) is 24.5 Å². The Balaban J connectivity index is 1.90. The SMILES string of the molecule is Cc1occc1C(=O)N[C@@H](CC(C)(C)c1ccccc1)C(=O)N(C)C1C(=O)COC1C(N)=O. The third-order valence-corrected chi connectivity index (χ3v) is 6.04. The molecule has 1 aromatic heterocycles. The van der Waals surface area contributed by atoms with Crippen LogP contribution < -0.4 is 11.1 Å². The normalized spacial score (nSPS) is 19.2. The maximum atomic E-state index is 13.6. The van der Waals surface area contributed by atoms with Gasteiger partial charge in [0.25, 0.3) is 5.91 Å². The van der Waals surface area contributed by atoms with Crippen LogP contribution in [0.2, 0.25) is 0 Å². The number of ether oxygens (including phenoxy) is 1. The van der Waals surface area contributed by atoms with Crippen molar-refractivity contribution in [1.29, 1.82) is 0 Å². The van der Waals surface area contributed by atoms with Crippen molar-refractivity contribution >= 4 is 23.5 Å². The van der Waals surface area contributed by atoms with Crippen LogP contribution in [-0.4, -0.2) is 60.2 Å². The van der Waals surface area contributed by atoms with Crippen LogP contribution >= 0.6 is 0 Å². The number of nitrogens with one attached hydrogen (secondary N) is 1.